The van der Waals surface area contributed by atoms with E-state index in [4.69, 9.17) is 11.6 Å². The highest BCUT2D eigenvalue weighted by atomic mass is 35.5. The van der Waals surface area contributed by atoms with Crippen molar-refractivity contribution in [3.8, 4) is 6.07 Å². The lowest BCUT2D eigenvalue weighted by Gasteiger charge is -2.27. The summed E-state index contributed by atoms with van der Waals surface area (Å²) in [4.78, 5) is 8.30. The zero-order valence-electron chi connectivity index (χ0n) is 24.0. The van der Waals surface area contributed by atoms with Gasteiger partial charge in [-0.3, -0.25) is 9.67 Å². The molecule has 2 N–H and O–H groups in total. The first-order chi connectivity index (χ1) is 19.5. The molecule has 3 heterocycles. The van der Waals surface area contributed by atoms with Gasteiger partial charge in [0.05, 0.1) is 46.0 Å². The maximum atomic E-state index is 13.9. The summed E-state index contributed by atoms with van der Waals surface area (Å²) >= 11 is 6.65. The Bertz CT molecular complexity index is 1650. The summed E-state index contributed by atoms with van der Waals surface area (Å²) in [7, 11) is 0. The minimum Gasteiger partial charge on any atom is -0.383 e. The molecule has 0 aliphatic heterocycles. The van der Waals surface area contributed by atoms with Crippen molar-refractivity contribution in [2.45, 2.75) is 60.3 Å². The summed E-state index contributed by atoms with van der Waals surface area (Å²) in [5, 5.41) is 25.5. The molecule has 1 unspecified atom stereocenters. The van der Waals surface area contributed by atoms with E-state index >= 15 is 0 Å². The highest BCUT2D eigenvalue weighted by Crippen LogP contribution is 2.39. The summed E-state index contributed by atoms with van der Waals surface area (Å²) < 4.78 is 55.7. The SMILES string of the molecule is Cc1nc(F)ccc1C(Nc1cc(Cl)c2ncc(C#N)c(NCC(C)(C)C)c2c1)c1cn(CC(C)(C)C(F)(F)F)nn1. The zero-order valence-corrected chi connectivity index (χ0v) is 24.8. The van der Waals surface area contributed by atoms with E-state index in [1.54, 1.807) is 19.1 Å². The normalized spacial score (nSPS) is 13.2. The van der Waals surface area contributed by atoms with Crippen LogP contribution < -0.4 is 10.6 Å². The first-order valence-corrected chi connectivity index (χ1v) is 13.5. The molecule has 0 aliphatic rings. The molecule has 0 fully saturated rings. The number of nitrogens with zero attached hydrogens (tertiary/aromatic N) is 6. The summed E-state index contributed by atoms with van der Waals surface area (Å²) in [5.41, 5.74) is 0.918. The molecule has 222 valence electrons. The van der Waals surface area contributed by atoms with Gasteiger partial charge in [0.2, 0.25) is 5.95 Å². The number of pyridine rings is 2. The first kappa shape index (κ1) is 31.0. The van der Waals surface area contributed by atoms with Gasteiger partial charge in [-0.05, 0) is 44.4 Å². The number of hydrogen-bond donors (Lipinski definition) is 2. The van der Waals surface area contributed by atoms with Crippen molar-refractivity contribution in [1.29, 1.82) is 5.26 Å². The third-order valence-electron chi connectivity index (χ3n) is 6.73. The summed E-state index contributed by atoms with van der Waals surface area (Å²) in [5.74, 6) is -0.677. The number of aromatic nitrogens is 5. The second-order valence-corrected chi connectivity index (χ2v) is 12.4. The molecule has 8 nitrogen and oxygen atoms in total. The quantitative estimate of drug-likeness (QED) is 0.159. The molecule has 0 saturated carbocycles. The van der Waals surface area contributed by atoms with Crippen molar-refractivity contribution < 1.29 is 17.6 Å². The van der Waals surface area contributed by atoms with Crippen molar-refractivity contribution in [3.63, 3.8) is 0 Å². The van der Waals surface area contributed by atoms with Crippen LogP contribution in [0.1, 0.15) is 63.2 Å². The molecule has 0 bridgehead atoms. The Labute approximate surface area is 246 Å². The summed E-state index contributed by atoms with van der Waals surface area (Å²) in [6.07, 6.45) is -1.57. The minimum atomic E-state index is -4.45. The Kier molecular flexibility index (Phi) is 8.38. The number of anilines is 2. The Morgan fingerprint density at radius 1 is 1.12 bits per heavy atom. The number of benzene rings is 1. The largest absolute Gasteiger partial charge is 0.395 e. The third kappa shape index (κ3) is 6.73. The maximum Gasteiger partial charge on any atom is 0.395 e. The van der Waals surface area contributed by atoms with Crippen LogP contribution in [0.15, 0.2) is 36.7 Å². The Morgan fingerprint density at radius 3 is 2.45 bits per heavy atom. The number of rotatable bonds is 8. The van der Waals surface area contributed by atoms with Crippen LogP contribution >= 0.6 is 11.6 Å². The molecule has 0 saturated heterocycles. The number of hydrogen-bond acceptors (Lipinski definition) is 7. The lowest BCUT2D eigenvalue weighted by Crippen LogP contribution is -2.36. The van der Waals surface area contributed by atoms with Crippen LogP contribution in [0.3, 0.4) is 0 Å². The van der Waals surface area contributed by atoms with Crippen molar-refractivity contribution in [2.75, 3.05) is 17.2 Å². The van der Waals surface area contributed by atoms with Gasteiger partial charge >= 0.3 is 6.18 Å². The lowest BCUT2D eigenvalue weighted by molar-refractivity contribution is -0.216. The van der Waals surface area contributed by atoms with E-state index in [0.29, 0.717) is 50.7 Å². The smallest absolute Gasteiger partial charge is 0.383 e. The average Bonchev–Trinajstić information content (AvgIpc) is 3.32. The maximum absolute atomic E-state index is 13.9. The Morgan fingerprint density at radius 2 is 1.83 bits per heavy atom. The molecule has 4 aromatic rings. The van der Waals surface area contributed by atoms with Crippen LogP contribution in [-0.2, 0) is 6.54 Å². The lowest BCUT2D eigenvalue weighted by atomic mass is 9.93. The fourth-order valence-electron chi connectivity index (χ4n) is 4.31. The second kappa shape index (κ2) is 11.4. The van der Waals surface area contributed by atoms with E-state index in [9.17, 15) is 22.8 Å². The van der Waals surface area contributed by atoms with Gasteiger partial charge in [-0.2, -0.15) is 22.8 Å². The summed E-state index contributed by atoms with van der Waals surface area (Å²) in [6, 6.07) is 7.53. The monoisotopic (exact) mass is 602 g/mol. The predicted octanol–water partition coefficient (Wildman–Crippen LogP) is 7.44. The number of aryl methyl sites for hydroxylation is 1. The van der Waals surface area contributed by atoms with Gasteiger partial charge in [-0.15, -0.1) is 5.10 Å². The molecule has 0 spiro atoms. The second-order valence-electron chi connectivity index (χ2n) is 12.0. The molecule has 1 atom stereocenters. The van der Waals surface area contributed by atoms with Gasteiger partial charge in [-0.25, -0.2) is 4.98 Å². The molecule has 13 heteroatoms. The van der Waals surface area contributed by atoms with Gasteiger partial charge in [0.1, 0.15) is 11.8 Å². The fraction of sp³-hybridized carbons (Fsp3) is 0.414. The molecular formula is C29H31ClF4N8. The molecule has 1 aromatic carbocycles. The minimum absolute atomic E-state index is 0.0906. The topological polar surface area (TPSA) is 104 Å². The van der Waals surface area contributed by atoms with E-state index in [1.807, 2.05) is 0 Å². The fourth-order valence-corrected chi connectivity index (χ4v) is 4.58. The van der Waals surface area contributed by atoms with Crippen LogP contribution in [0.4, 0.5) is 28.9 Å². The van der Waals surface area contributed by atoms with Gasteiger partial charge < -0.3 is 10.6 Å². The molecule has 0 radical (unpaired) electrons. The van der Waals surface area contributed by atoms with E-state index in [0.717, 1.165) is 18.5 Å². The number of nitrogens with one attached hydrogen (secondary N) is 2. The van der Waals surface area contributed by atoms with Crippen molar-refractivity contribution >= 4 is 33.9 Å². The molecule has 42 heavy (non-hydrogen) atoms. The van der Waals surface area contributed by atoms with Gasteiger partial charge in [-0.1, -0.05) is 43.7 Å². The number of alkyl halides is 3. The van der Waals surface area contributed by atoms with Gasteiger partial charge in [0.15, 0.2) is 0 Å². The van der Waals surface area contributed by atoms with Crippen LogP contribution in [0.25, 0.3) is 10.9 Å². The third-order valence-corrected chi connectivity index (χ3v) is 7.02. The molecule has 3 aromatic heterocycles. The zero-order chi connectivity index (χ0) is 31.0. The van der Waals surface area contributed by atoms with Crippen LogP contribution in [0.5, 0.6) is 0 Å². The predicted molar refractivity (Wildman–Crippen MR) is 154 cm³/mol. The van der Waals surface area contributed by atoms with Crippen LogP contribution in [0, 0.1) is 35.0 Å². The van der Waals surface area contributed by atoms with Crippen molar-refractivity contribution in [3.05, 3.63) is 70.1 Å². The molecule has 4 rings (SSSR count). The van der Waals surface area contributed by atoms with Crippen molar-refractivity contribution in [2.24, 2.45) is 10.8 Å². The summed E-state index contributed by atoms with van der Waals surface area (Å²) in [6.45, 7) is 10.1. The first-order valence-electron chi connectivity index (χ1n) is 13.1. The Hall–Kier alpha value is -3.98. The van der Waals surface area contributed by atoms with Crippen molar-refractivity contribution in [1.82, 2.24) is 25.0 Å². The molecule has 0 aliphatic carbocycles. The van der Waals surface area contributed by atoms with E-state index in [-0.39, 0.29) is 11.1 Å². The van der Waals surface area contributed by atoms with E-state index in [2.05, 4.69) is 57.8 Å². The number of halogens is 5. The van der Waals surface area contributed by atoms with Crippen LogP contribution in [0.2, 0.25) is 5.02 Å². The highest BCUT2D eigenvalue weighted by molar-refractivity contribution is 6.35. The standard InChI is InChI=1S/C29H31ClF4N8/c1-16-19(7-8-23(31)38-16)26(22-13-42(41-40-22)15-28(5,6)29(32,33)34)39-18-9-20-24(37-14-27(2,3)4)17(11-35)12-36-25(20)21(30)10-18/h7-10,12-13,26,39H,14-15H2,1-6H3,(H,36,37). The van der Waals surface area contributed by atoms with E-state index in [1.165, 1.54) is 24.5 Å². The van der Waals surface area contributed by atoms with E-state index < -0.39 is 30.1 Å². The van der Waals surface area contributed by atoms with Gasteiger partial charge in [0.25, 0.3) is 0 Å². The van der Waals surface area contributed by atoms with Crippen LogP contribution in [-0.4, -0.2) is 37.7 Å². The Balaban J connectivity index is 1.81. The molecular weight excluding hydrogens is 572 g/mol. The number of nitriles is 1. The molecule has 0 amide bonds. The average molecular weight is 603 g/mol. The number of fused-ring (bicyclic) bond motifs is 1. The highest BCUT2D eigenvalue weighted by Gasteiger charge is 2.47. The van der Waals surface area contributed by atoms with Gasteiger partial charge in [0, 0.05) is 35.1 Å².